The SMILES string of the molecule is CCOC(=O)C1=C[C@H](OCC)[C@H](OC(C)=O)[C@H](OCC)O1. The van der Waals surface area contributed by atoms with Crippen LogP contribution in [0.3, 0.4) is 0 Å². The fourth-order valence-electron chi connectivity index (χ4n) is 1.89. The number of carbonyl (C=O) groups is 2. The van der Waals surface area contributed by atoms with E-state index in [4.69, 9.17) is 23.7 Å². The first-order valence-corrected chi connectivity index (χ1v) is 6.99. The molecule has 0 fully saturated rings. The van der Waals surface area contributed by atoms with Crippen molar-refractivity contribution < 1.29 is 33.3 Å². The van der Waals surface area contributed by atoms with Crippen molar-refractivity contribution in [3.05, 3.63) is 11.8 Å². The topological polar surface area (TPSA) is 80.3 Å². The van der Waals surface area contributed by atoms with Crippen LogP contribution in [0.1, 0.15) is 27.7 Å². The highest BCUT2D eigenvalue weighted by Crippen LogP contribution is 2.25. The molecule has 21 heavy (non-hydrogen) atoms. The minimum absolute atomic E-state index is 0.00264. The van der Waals surface area contributed by atoms with Crippen molar-refractivity contribution in [1.29, 1.82) is 0 Å². The average Bonchev–Trinajstić information content (AvgIpc) is 2.42. The zero-order valence-corrected chi connectivity index (χ0v) is 12.8. The first-order chi connectivity index (χ1) is 10.0. The van der Waals surface area contributed by atoms with Gasteiger partial charge < -0.3 is 23.7 Å². The quantitative estimate of drug-likeness (QED) is 0.653. The van der Waals surface area contributed by atoms with Gasteiger partial charge in [0.05, 0.1) is 6.61 Å². The van der Waals surface area contributed by atoms with Crippen LogP contribution in [0.25, 0.3) is 0 Å². The third kappa shape index (κ3) is 5.02. The van der Waals surface area contributed by atoms with Gasteiger partial charge in [0.15, 0.2) is 6.10 Å². The molecule has 1 aliphatic heterocycles. The van der Waals surface area contributed by atoms with E-state index in [-0.39, 0.29) is 12.4 Å². The van der Waals surface area contributed by atoms with Crippen LogP contribution in [0.2, 0.25) is 0 Å². The highest BCUT2D eigenvalue weighted by Gasteiger charge is 2.40. The molecular weight excluding hydrogens is 280 g/mol. The maximum absolute atomic E-state index is 11.8. The highest BCUT2D eigenvalue weighted by molar-refractivity contribution is 5.86. The maximum atomic E-state index is 11.8. The molecule has 0 aromatic rings. The van der Waals surface area contributed by atoms with Crippen LogP contribution in [0.5, 0.6) is 0 Å². The second kappa shape index (κ2) is 8.63. The Labute approximate surface area is 124 Å². The summed E-state index contributed by atoms with van der Waals surface area (Å²) in [5, 5.41) is 0. The molecule has 0 bridgehead atoms. The van der Waals surface area contributed by atoms with E-state index in [9.17, 15) is 9.59 Å². The predicted molar refractivity (Wildman–Crippen MR) is 72.2 cm³/mol. The normalized spacial score (nSPS) is 24.8. The number of carbonyl (C=O) groups excluding carboxylic acids is 2. The van der Waals surface area contributed by atoms with Crippen molar-refractivity contribution in [3.8, 4) is 0 Å². The Hall–Kier alpha value is -1.60. The standard InChI is InChI=1S/C14H22O7/c1-5-17-10-8-11(13(16)18-6-2)21-14(19-7-3)12(10)20-9(4)15/h8,10,12,14H,5-7H2,1-4H3/t10-,12-,14+/m0/s1. The summed E-state index contributed by atoms with van der Waals surface area (Å²) in [6, 6.07) is 0. The minimum Gasteiger partial charge on any atom is -0.460 e. The van der Waals surface area contributed by atoms with Gasteiger partial charge in [-0.2, -0.15) is 0 Å². The summed E-state index contributed by atoms with van der Waals surface area (Å²) in [5.41, 5.74) is 0. The van der Waals surface area contributed by atoms with E-state index in [0.29, 0.717) is 13.2 Å². The molecule has 1 heterocycles. The van der Waals surface area contributed by atoms with Gasteiger partial charge >= 0.3 is 11.9 Å². The molecule has 0 unspecified atom stereocenters. The van der Waals surface area contributed by atoms with Gasteiger partial charge in [0.1, 0.15) is 6.10 Å². The zero-order valence-electron chi connectivity index (χ0n) is 12.8. The van der Waals surface area contributed by atoms with Crippen molar-refractivity contribution in [2.45, 2.75) is 46.2 Å². The summed E-state index contributed by atoms with van der Waals surface area (Å²) in [7, 11) is 0. The number of rotatable bonds is 7. The third-order valence-corrected chi connectivity index (χ3v) is 2.62. The Balaban J connectivity index is 2.99. The van der Waals surface area contributed by atoms with Crippen LogP contribution in [-0.4, -0.2) is 50.3 Å². The Kier molecular flexibility index (Phi) is 7.18. The van der Waals surface area contributed by atoms with Crippen molar-refractivity contribution in [3.63, 3.8) is 0 Å². The smallest absolute Gasteiger partial charge is 0.373 e. The molecule has 0 aromatic heterocycles. The largest absolute Gasteiger partial charge is 0.460 e. The lowest BCUT2D eigenvalue weighted by molar-refractivity contribution is -0.224. The second-order valence-electron chi connectivity index (χ2n) is 4.19. The molecule has 0 aromatic carbocycles. The number of esters is 2. The van der Waals surface area contributed by atoms with E-state index in [1.54, 1.807) is 20.8 Å². The molecule has 0 aliphatic carbocycles. The lowest BCUT2D eigenvalue weighted by Crippen LogP contribution is -2.48. The van der Waals surface area contributed by atoms with Gasteiger partial charge in [0.25, 0.3) is 0 Å². The van der Waals surface area contributed by atoms with Crippen LogP contribution in [0.15, 0.2) is 11.8 Å². The van der Waals surface area contributed by atoms with Crippen LogP contribution < -0.4 is 0 Å². The summed E-state index contributed by atoms with van der Waals surface area (Å²) in [6.07, 6.45) is -0.881. The molecule has 0 spiro atoms. The van der Waals surface area contributed by atoms with Crippen molar-refractivity contribution >= 4 is 11.9 Å². The fourth-order valence-corrected chi connectivity index (χ4v) is 1.89. The van der Waals surface area contributed by atoms with Crippen LogP contribution in [0, 0.1) is 0 Å². The van der Waals surface area contributed by atoms with Crippen LogP contribution >= 0.6 is 0 Å². The number of hydrogen-bond acceptors (Lipinski definition) is 7. The van der Waals surface area contributed by atoms with Crippen molar-refractivity contribution in [1.82, 2.24) is 0 Å². The van der Waals surface area contributed by atoms with Gasteiger partial charge in [-0.3, -0.25) is 4.79 Å². The van der Waals surface area contributed by atoms with E-state index < -0.39 is 30.4 Å². The van der Waals surface area contributed by atoms with Gasteiger partial charge in [-0.15, -0.1) is 0 Å². The van der Waals surface area contributed by atoms with Crippen molar-refractivity contribution in [2.24, 2.45) is 0 Å². The molecule has 1 rings (SSSR count). The molecule has 7 heteroatoms. The van der Waals surface area contributed by atoms with Gasteiger partial charge in [0.2, 0.25) is 12.0 Å². The van der Waals surface area contributed by atoms with E-state index in [2.05, 4.69) is 0 Å². The fraction of sp³-hybridized carbons (Fsp3) is 0.714. The summed E-state index contributed by atoms with van der Waals surface area (Å²) in [6.45, 7) is 7.50. The second-order valence-corrected chi connectivity index (χ2v) is 4.19. The average molecular weight is 302 g/mol. The highest BCUT2D eigenvalue weighted by atomic mass is 16.7. The summed E-state index contributed by atoms with van der Waals surface area (Å²) in [4.78, 5) is 23.0. The van der Waals surface area contributed by atoms with Gasteiger partial charge in [-0.1, -0.05) is 0 Å². The van der Waals surface area contributed by atoms with Gasteiger partial charge in [-0.25, -0.2) is 4.79 Å². The monoisotopic (exact) mass is 302 g/mol. The summed E-state index contributed by atoms with van der Waals surface area (Å²) in [5.74, 6) is -1.09. The predicted octanol–water partition coefficient (Wildman–Crippen LogP) is 1.16. The van der Waals surface area contributed by atoms with E-state index in [0.717, 1.165) is 0 Å². The molecule has 0 radical (unpaired) electrons. The maximum Gasteiger partial charge on any atom is 0.373 e. The van der Waals surface area contributed by atoms with Crippen molar-refractivity contribution in [2.75, 3.05) is 19.8 Å². The van der Waals surface area contributed by atoms with E-state index >= 15 is 0 Å². The molecule has 0 N–H and O–H groups in total. The first kappa shape index (κ1) is 17.5. The molecule has 0 amide bonds. The molecule has 3 atom stereocenters. The van der Waals surface area contributed by atoms with E-state index in [1.165, 1.54) is 13.0 Å². The third-order valence-electron chi connectivity index (χ3n) is 2.62. The summed E-state index contributed by atoms with van der Waals surface area (Å²) >= 11 is 0. The Morgan fingerprint density at radius 1 is 1.14 bits per heavy atom. The molecule has 120 valence electrons. The zero-order chi connectivity index (χ0) is 15.8. The molecule has 0 saturated heterocycles. The Morgan fingerprint density at radius 2 is 1.81 bits per heavy atom. The lowest BCUT2D eigenvalue weighted by atomic mass is 10.1. The van der Waals surface area contributed by atoms with Crippen LogP contribution in [0.4, 0.5) is 0 Å². The lowest BCUT2D eigenvalue weighted by Gasteiger charge is -2.35. The van der Waals surface area contributed by atoms with Crippen LogP contribution in [-0.2, 0) is 33.3 Å². The molecule has 7 nitrogen and oxygen atoms in total. The molecular formula is C14H22O7. The first-order valence-electron chi connectivity index (χ1n) is 6.99. The minimum atomic E-state index is -0.917. The molecule has 0 saturated carbocycles. The Morgan fingerprint density at radius 3 is 2.33 bits per heavy atom. The number of ether oxygens (including phenoxy) is 5. The Bertz CT molecular complexity index is 391. The number of hydrogen-bond donors (Lipinski definition) is 0. The van der Waals surface area contributed by atoms with Gasteiger partial charge in [-0.05, 0) is 26.8 Å². The van der Waals surface area contributed by atoms with E-state index in [1.807, 2.05) is 0 Å². The molecule has 1 aliphatic rings. The summed E-state index contributed by atoms with van der Waals surface area (Å²) < 4.78 is 26.5. The van der Waals surface area contributed by atoms with Gasteiger partial charge in [0, 0.05) is 20.1 Å².